The molecule has 1 aromatic carbocycles. The summed E-state index contributed by atoms with van der Waals surface area (Å²) < 4.78 is 5.99. The van der Waals surface area contributed by atoms with Crippen LogP contribution in [0.4, 0.5) is 0 Å². The summed E-state index contributed by atoms with van der Waals surface area (Å²) in [4.78, 5) is 0. The minimum absolute atomic E-state index is 0.581. The van der Waals surface area contributed by atoms with Crippen molar-refractivity contribution in [2.24, 2.45) is 5.92 Å². The summed E-state index contributed by atoms with van der Waals surface area (Å²) in [6.07, 6.45) is 3.95. The molecule has 18 heavy (non-hydrogen) atoms. The average Bonchev–Trinajstić information content (AvgIpc) is 3.22. The highest BCUT2D eigenvalue weighted by Crippen LogP contribution is 2.46. The zero-order chi connectivity index (χ0) is 13.1. The molecule has 1 saturated carbocycles. The standard InChI is InChI=1S/C17H26O/c1-5-12(3)15-8-7-9-16(17(15)18-6-2)13(4)14-10-11-14/h7-9,12-14H,5-6,10-11H2,1-4H3/t12-,13-/m0/s1. The number of para-hydroxylation sites is 1. The molecule has 100 valence electrons. The fourth-order valence-electron chi connectivity index (χ4n) is 2.70. The van der Waals surface area contributed by atoms with Crippen LogP contribution in [0.3, 0.4) is 0 Å². The summed E-state index contributed by atoms with van der Waals surface area (Å²) >= 11 is 0. The number of ether oxygens (including phenoxy) is 1. The van der Waals surface area contributed by atoms with Crippen LogP contribution < -0.4 is 4.74 Å². The van der Waals surface area contributed by atoms with E-state index < -0.39 is 0 Å². The van der Waals surface area contributed by atoms with Crippen LogP contribution in [0.15, 0.2) is 18.2 Å². The number of hydrogen-bond acceptors (Lipinski definition) is 1. The largest absolute Gasteiger partial charge is 0.493 e. The molecule has 0 heterocycles. The smallest absolute Gasteiger partial charge is 0.126 e. The van der Waals surface area contributed by atoms with Crippen molar-refractivity contribution in [1.29, 1.82) is 0 Å². The van der Waals surface area contributed by atoms with Crippen molar-refractivity contribution in [2.75, 3.05) is 6.61 Å². The Labute approximate surface area is 112 Å². The number of rotatable bonds is 6. The third-order valence-corrected chi connectivity index (χ3v) is 4.33. The van der Waals surface area contributed by atoms with Gasteiger partial charge < -0.3 is 4.74 Å². The lowest BCUT2D eigenvalue weighted by molar-refractivity contribution is 0.327. The van der Waals surface area contributed by atoms with E-state index in [4.69, 9.17) is 4.74 Å². The fourth-order valence-corrected chi connectivity index (χ4v) is 2.70. The Bertz CT molecular complexity index is 393. The minimum Gasteiger partial charge on any atom is -0.493 e. The lowest BCUT2D eigenvalue weighted by atomic mass is 9.89. The Morgan fingerprint density at radius 2 is 1.83 bits per heavy atom. The van der Waals surface area contributed by atoms with Crippen LogP contribution in [0.25, 0.3) is 0 Å². The van der Waals surface area contributed by atoms with Crippen LogP contribution in [0.1, 0.15) is 69.9 Å². The van der Waals surface area contributed by atoms with E-state index in [2.05, 4.69) is 45.9 Å². The molecular formula is C17H26O. The fraction of sp³-hybridized carbons (Fsp3) is 0.647. The van der Waals surface area contributed by atoms with Gasteiger partial charge in [0.05, 0.1) is 6.61 Å². The van der Waals surface area contributed by atoms with Gasteiger partial charge in [0.15, 0.2) is 0 Å². The second kappa shape index (κ2) is 5.77. The zero-order valence-electron chi connectivity index (χ0n) is 12.2. The molecule has 0 N–H and O–H groups in total. The van der Waals surface area contributed by atoms with Gasteiger partial charge in [-0.1, -0.05) is 39.0 Å². The van der Waals surface area contributed by atoms with E-state index in [0.717, 1.165) is 12.5 Å². The Morgan fingerprint density at radius 3 is 2.39 bits per heavy atom. The summed E-state index contributed by atoms with van der Waals surface area (Å²) in [6.45, 7) is 9.74. The van der Waals surface area contributed by atoms with Gasteiger partial charge in [-0.25, -0.2) is 0 Å². The topological polar surface area (TPSA) is 9.23 Å². The maximum absolute atomic E-state index is 5.99. The quantitative estimate of drug-likeness (QED) is 0.677. The molecule has 1 heteroatoms. The third-order valence-electron chi connectivity index (χ3n) is 4.33. The van der Waals surface area contributed by atoms with Gasteiger partial charge in [-0.2, -0.15) is 0 Å². The van der Waals surface area contributed by atoms with Gasteiger partial charge in [-0.05, 0) is 55.1 Å². The number of hydrogen-bond donors (Lipinski definition) is 0. The Kier molecular flexibility index (Phi) is 4.31. The monoisotopic (exact) mass is 246 g/mol. The molecule has 1 aliphatic rings. The molecule has 0 unspecified atom stereocenters. The van der Waals surface area contributed by atoms with Crippen LogP contribution in [0.5, 0.6) is 5.75 Å². The van der Waals surface area contributed by atoms with Crippen molar-refractivity contribution < 1.29 is 4.74 Å². The lowest BCUT2D eigenvalue weighted by Crippen LogP contribution is -2.06. The molecule has 1 fully saturated rings. The molecular weight excluding hydrogens is 220 g/mol. The second-order valence-electron chi connectivity index (χ2n) is 5.63. The van der Waals surface area contributed by atoms with Gasteiger partial charge in [0.25, 0.3) is 0 Å². The summed E-state index contributed by atoms with van der Waals surface area (Å²) in [5.41, 5.74) is 2.82. The maximum Gasteiger partial charge on any atom is 0.126 e. The molecule has 1 nitrogen and oxygen atoms in total. The zero-order valence-corrected chi connectivity index (χ0v) is 12.2. The SMILES string of the molecule is CCOc1c([C@@H](C)C2CC2)cccc1[C@@H](C)CC. The van der Waals surface area contributed by atoms with E-state index in [9.17, 15) is 0 Å². The first-order valence-corrected chi connectivity index (χ1v) is 7.44. The number of benzene rings is 1. The molecule has 1 aliphatic carbocycles. The van der Waals surface area contributed by atoms with Crippen LogP contribution in [-0.4, -0.2) is 6.61 Å². The van der Waals surface area contributed by atoms with Crippen molar-refractivity contribution in [1.82, 2.24) is 0 Å². The molecule has 2 atom stereocenters. The van der Waals surface area contributed by atoms with Crippen molar-refractivity contribution in [2.45, 2.75) is 58.8 Å². The lowest BCUT2D eigenvalue weighted by Gasteiger charge is -2.22. The van der Waals surface area contributed by atoms with E-state index in [1.165, 1.54) is 36.1 Å². The summed E-state index contributed by atoms with van der Waals surface area (Å²) in [7, 11) is 0. The molecule has 0 bridgehead atoms. The molecule has 0 saturated heterocycles. The minimum atomic E-state index is 0.581. The highest BCUT2D eigenvalue weighted by atomic mass is 16.5. The molecule has 0 aromatic heterocycles. The van der Waals surface area contributed by atoms with Crippen molar-refractivity contribution in [3.05, 3.63) is 29.3 Å². The van der Waals surface area contributed by atoms with Gasteiger partial charge in [-0.3, -0.25) is 0 Å². The Morgan fingerprint density at radius 1 is 1.17 bits per heavy atom. The van der Waals surface area contributed by atoms with Gasteiger partial charge in [-0.15, -0.1) is 0 Å². The molecule has 0 spiro atoms. The van der Waals surface area contributed by atoms with Crippen molar-refractivity contribution in [3.8, 4) is 5.75 Å². The Balaban J connectivity index is 2.37. The molecule has 2 rings (SSSR count). The molecule has 0 amide bonds. The third kappa shape index (κ3) is 2.71. The highest BCUT2D eigenvalue weighted by molar-refractivity contribution is 5.45. The van der Waals surface area contributed by atoms with E-state index in [1.54, 1.807) is 0 Å². The van der Waals surface area contributed by atoms with Crippen LogP contribution in [-0.2, 0) is 0 Å². The second-order valence-corrected chi connectivity index (χ2v) is 5.63. The normalized spacial score (nSPS) is 18.4. The predicted molar refractivity (Wildman–Crippen MR) is 77.5 cm³/mol. The van der Waals surface area contributed by atoms with E-state index in [-0.39, 0.29) is 0 Å². The van der Waals surface area contributed by atoms with Crippen LogP contribution >= 0.6 is 0 Å². The molecule has 0 aliphatic heterocycles. The van der Waals surface area contributed by atoms with Gasteiger partial charge in [0.2, 0.25) is 0 Å². The first kappa shape index (κ1) is 13.5. The van der Waals surface area contributed by atoms with Gasteiger partial charge in [0.1, 0.15) is 5.75 Å². The van der Waals surface area contributed by atoms with Crippen molar-refractivity contribution >= 4 is 0 Å². The van der Waals surface area contributed by atoms with E-state index in [1.807, 2.05) is 0 Å². The first-order valence-electron chi connectivity index (χ1n) is 7.44. The Hall–Kier alpha value is -0.980. The average molecular weight is 246 g/mol. The van der Waals surface area contributed by atoms with Gasteiger partial charge >= 0.3 is 0 Å². The summed E-state index contributed by atoms with van der Waals surface area (Å²) in [5.74, 6) is 3.29. The van der Waals surface area contributed by atoms with E-state index >= 15 is 0 Å². The van der Waals surface area contributed by atoms with Crippen LogP contribution in [0.2, 0.25) is 0 Å². The summed E-state index contributed by atoms with van der Waals surface area (Å²) in [5, 5.41) is 0. The molecule has 0 radical (unpaired) electrons. The van der Waals surface area contributed by atoms with E-state index in [0.29, 0.717) is 11.8 Å². The van der Waals surface area contributed by atoms with Crippen LogP contribution in [0, 0.1) is 5.92 Å². The van der Waals surface area contributed by atoms with Crippen molar-refractivity contribution in [3.63, 3.8) is 0 Å². The maximum atomic E-state index is 5.99. The summed E-state index contributed by atoms with van der Waals surface area (Å²) in [6, 6.07) is 6.71. The molecule has 1 aromatic rings. The first-order chi connectivity index (χ1) is 8.69. The predicted octanol–water partition coefficient (Wildman–Crippen LogP) is 5.11. The van der Waals surface area contributed by atoms with Gasteiger partial charge in [0, 0.05) is 0 Å². The highest BCUT2D eigenvalue weighted by Gasteiger charge is 2.31.